The highest BCUT2D eigenvalue weighted by Crippen LogP contribution is 2.26. The molecule has 0 aliphatic heterocycles. The van der Waals surface area contributed by atoms with Crippen molar-refractivity contribution >= 4 is 29.2 Å². The van der Waals surface area contributed by atoms with Gasteiger partial charge in [0.25, 0.3) is 0 Å². The smallest absolute Gasteiger partial charge is 0.247 e. The molecule has 2 amide bonds. The minimum Gasteiger partial charge on any atom is -0.345 e. The highest BCUT2D eigenvalue weighted by Gasteiger charge is 2.21. The minimum atomic E-state index is -0.617. The van der Waals surface area contributed by atoms with E-state index in [-0.39, 0.29) is 11.8 Å². The van der Waals surface area contributed by atoms with E-state index in [1.165, 1.54) is 19.3 Å². The Kier molecular flexibility index (Phi) is 6.19. The van der Waals surface area contributed by atoms with Gasteiger partial charge in [0.2, 0.25) is 11.8 Å². The molecule has 1 atom stereocenters. The van der Waals surface area contributed by atoms with Crippen LogP contribution >= 0.6 is 11.6 Å². The average Bonchev–Trinajstić information content (AvgIpc) is 2.50. The Morgan fingerprint density at radius 1 is 1.36 bits per heavy atom. The normalized spacial score (nSPS) is 16.8. The Bertz CT molecular complexity index is 530. The topological polar surface area (TPSA) is 71.1 Å². The number of hydrogen-bond acceptors (Lipinski definition) is 3. The highest BCUT2D eigenvalue weighted by atomic mass is 35.5. The number of anilines is 1. The maximum atomic E-state index is 12.1. The van der Waals surface area contributed by atoms with Crippen LogP contribution in [0.4, 0.5) is 5.82 Å². The third-order valence-corrected chi connectivity index (χ3v) is 4.27. The van der Waals surface area contributed by atoms with E-state index in [0.717, 1.165) is 12.8 Å². The van der Waals surface area contributed by atoms with Gasteiger partial charge in [0.15, 0.2) is 5.82 Å². The van der Waals surface area contributed by atoms with Crippen molar-refractivity contribution in [1.29, 1.82) is 0 Å². The van der Waals surface area contributed by atoms with Gasteiger partial charge in [-0.15, -0.1) is 0 Å². The summed E-state index contributed by atoms with van der Waals surface area (Å²) in [6, 6.07) is 2.72. The van der Waals surface area contributed by atoms with E-state index in [2.05, 4.69) is 15.6 Å². The maximum Gasteiger partial charge on any atom is 0.247 e. The van der Waals surface area contributed by atoms with Crippen molar-refractivity contribution < 1.29 is 9.59 Å². The Labute approximate surface area is 135 Å². The number of carbonyl (C=O) groups is 2. The number of hydrogen-bond donors (Lipinski definition) is 2. The fraction of sp³-hybridized carbons (Fsp3) is 0.562. The molecule has 1 fully saturated rings. The first-order valence-electron chi connectivity index (χ1n) is 7.77. The molecule has 0 spiro atoms. The van der Waals surface area contributed by atoms with E-state index in [1.54, 1.807) is 25.3 Å². The molecule has 0 aromatic carbocycles. The third-order valence-electron chi connectivity index (χ3n) is 3.97. The molecule has 0 radical (unpaired) electrons. The van der Waals surface area contributed by atoms with Crippen LogP contribution in [0.1, 0.15) is 45.4 Å². The Morgan fingerprint density at radius 2 is 2.09 bits per heavy atom. The van der Waals surface area contributed by atoms with Gasteiger partial charge < -0.3 is 10.6 Å². The molecule has 1 aromatic heterocycles. The highest BCUT2D eigenvalue weighted by molar-refractivity contribution is 6.33. The van der Waals surface area contributed by atoms with E-state index in [0.29, 0.717) is 23.2 Å². The summed E-state index contributed by atoms with van der Waals surface area (Å²) >= 11 is 5.94. The molecule has 6 heteroatoms. The van der Waals surface area contributed by atoms with Crippen LogP contribution in [0.15, 0.2) is 18.3 Å². The van der Waals surface area contributed by atoms with E-state index >= 15 is 0 Å². The van der Waals surface area contributed by atoms with Gasteiger partial charge in [0.1, 0.15) is 6.04 Å². The molecule has 1 aliphatic rings. The minimum absolute atomic E-state index is 0.0679. The van der Waals surface area contributed by atoms with Gasteiger partial charge in [-0.1, -0.05) is 30.9 Å². The van der Waals surface area contributed by atoms with Crippen molar-refractivity contribution in [3.63, 3.8) is 0 Å². The Morgan fingerprint density at radius 3 is 2.77 bits per heavy atom. The predicted molar refractivity (Wildman–Crippen MR) is 86.7 cm³/mol. The monoisotopic (exact) mass is 323 g/mol. The zero-order valence-corrected chi connectivity index (χ0v) is 13.5. The number of amides is 2. The Hall–Kier alpha value is -1.62. The summed E-state index contributed by atoms with van der Waals surface area (Å²) in [5.41, 5.74) is 0. The van der Waals surface area contributed by atoms with Crippen molar-refractivity contribution in [2.24, 2.45) is 5.92 Å². The first kappa shape index (κ1) is 16.7. The Balaban J connectivity index is 1.80. The van der Waals surface area contributed by atoms with Crippen LogP contribution < -0.4 is 10.6 Å². The number of halogens is 1. The molecule has 0 saturated heterocycles. The molecule has 22 heavy (non-hydrogen) atoms. The number of nitrogens with one attached hydrogen (secondary N) is 2. The summed E-state index contributed by atoms with van der Waals surface area (Å²) in [6.07, 6.45) is 7.94. The van der Waals surface area contributed by atoms with Gasteiger partial charge in [-0.2, -0.15) is 0 Å². The molecule has 2 N–H and O–H groups in total. The summed E-state index contributed by atoms with van der Waals surface area (Å²) in [7, 11) is 0. The standard InChI is InChI=1S/C16H22ClN3O2/c1-11(16(22)20-15-13(17)8-5-9-18-15)19-14(21)10-12-6-3-2-4-7-12/h5,8-9,11-12H,2-4,6-7,10H2,1H3,(H,19,21)(H,18,20,22)/t11-/m1/s1. The molecular weight excluding hydrogens is 302 g/mol. The fourth-order valence-electron chi connectivity index (χ4n) is 2.72. The summed E-state index contributed by atoms with van der Waals surface area (Å²) in [5, 5.41) is 5.74. The summed E-state index contributed by atoms with van der Waals surface area (Å²) in [5.74, 6) is 0.371. The number of pyridine rings is 1. The van der Waals surface area contributed by atoms with Crippen LogP contribution in [0.25, 0.3) is 0 Å². The molecule has 1 aromatic rings. The number of aromatic nitrogens is 1. The second kappa shape index (κ2) is 8.13. The van der Waals surface area contributed by atoms with Crippen LogP contribution in [0, 0.1) is 5.92 Å². The third kappa shape index (κ3) is 4.98. The maximum absolute atomic E-state index is 12.1. The lowest BCUT2D eigenvalue weighted by molar-refractivity contribution is -0.127. The first-order chi connectivity index (χ1) is 10.6. The molecule has 2 rings (SSSR count). The van der Waals surface area contributed by atoms with Gasteiger partial charge in [-0.25, -0.2) is 4.98 Å². The molecule has 5 nitrogen and oxygen atoms in total. The number of nitrogens with zero attached hydrogens (tertiary/aromatic N) is 1. The molecular formula is C16H22ClN3O2. The summed E-state index contributed by atoms with van der Waals surface area (Å²) in [6.45, 7) is 1.66. The fourth-order valence-corrected chi connectivity index (χ4v) is 2.89. The van der Waals surface area contributed by atoms with Crippen molar-refractivity contribution in [3.8, 4) is 0 Å². The zero-order chi connectivity index (χ0) is 15.9. The lowest BCUT2D eigenvalue weighted by Crippen LogP contribution is -2.42. The van der Waals surface area contributed by atoms with Crippen molar-refractivity contribution in [3.05, 3.63) is 23.4 Å². The quantitative estimate of drug-likeness (QED) is 0.874. The average molecular weight is 324 g/mol. The van der Waals surface area contributed by atoms with Gasteiger partial charge in [0, 0.05) is 12.6 Å². The van der Waals surface area contributed by atoms with Crippen LogP contribution in [-0.2, 0) is 9.59 Å². The molecule has 120 valence electrons. The van der Waals surface area contributed by atoms with Gasteiger partial charge in [0.05, 0.1) is 5.02 Å². The van der Waals surface area contributed by atoms with E-state index in [9.17, 15) is 9.59 Å². The van der Waals surface area contributed by atoms with Gasteiger partial charge in [-0.3, -0.25) is 9.59 Å². The largest absolute Gasteiger partial charge is 0.345 e. The number of carbonyl (C=O) groups excluding carboxylic acids is 2. The van der Waals surface area contributed by atoms with E-state index in [4.69, 9.17) is 11.6 Å². The van der Waals surface area contributed by atoms with Gasteiger partial charge >= 0.3 is 0 Å². The molecule has 1 aliphatic carbocycles. The van der Waals surface area contributed by atoms with Crippen LogP contribution in [-0.4, -0.2) is 22.8 Å². The van der Waals surface area contributed by atoms with Crippen LogP contribution in [0.3, 0.4) is 0 Å². The second-order valence-electron chi connectivity index (χ2n) is 5.82. The zero-order valence-electron chi connectivity index (χ0n) is 12.8. The molecule has 0 bridgehead atoms. The lowest BCUT2D eigenvalue weighted by Gasteiger charge is -2.22. The summed E-state index contributed by atoms with van der Waals surface area (Å²) in [4.78, 5) is 28.1. The predicted octanol–water partition coefficient (Wildman–Crippen LogP) is 3.15. The van der Waals surface area contributed by atoms with Crippen LogP contribution in [0.2, 0.25) is 5.02 Å². The van der Waals surface area contributed by atoms with E-state index in [1.807, 2.05) is 0 Å². The van der Waals surface area contributed by atoms with Crippen LogP contribution in [0.5, 0.6) is 0 Å². The first-order valence-corrected chi connectivity index (χ1v) is 8.15. The second-order valence-corrected chi connectivity index (χ2v) is 6.23. The summed E-state index contributed by atoms with van der Waals surface area (Å²) < 4.78 is 0. The molecule has 1 heterocycles. The molecule has 1 saturated carbocycles. The lowest BCUT2D eigenvalue weighted by atomic mass is 9.87. The van der Waals surface area contributed by atoms with Crippen molar-refractivity contribution in [1.82, 2.24) is 10.3 Å². The SMILES string of the molecule is C[C@@H](NC(=O)CC1CCCCC1)C(=O)Nc1ncccc1Cl. The van der Waals surface area contributed by atoms with E-state index < -0.39 is 6.04 Å². The van der Waals surface area contributed by atoms with Crippen molar-refractivity contribution in [2.75, 3.05) is 5.32 Å². The number of rotatable bonds is 5. The molecule has 0 unspecified atom stereocenters. The van der Waals surface area contributed by atoms with Gasteiger partial charge in [-0.05, 0) is 37.8 Å². The van der Waals surface area contributed by atoms with Crippen molar-refractivity contribution in [2.45, 2.75) is 51.5 Å².